The second-order valence-electron chi connectivity index (χ2n) is 3.39. The van der Waals surface area contributed by atoms with Gasteiger partial charge in [-0.05, 0) is 34.5 Å². The molecule has 0 aliphatic heterocycles. The van der Waals surface area contributed by atoms with Crippen molar-refractivity contribution in [1.82, 2.24) is 0 Å². The monoisotopic (exact) mass is 298 g/mol. The zero-order valence-electron chi connectivity index (χ0n) is 9.45. The van der Waals surface area contributed by atoms with Gasteiger partial charge >= 0.3 is 0 Å². The minimum absolute atomic E-state index is 0.0532. The van der Waals surface area contributed by atoms with E-state index >= 15 is 0 Å². The topological polar surface area (TPSA) is 65.3 Å². The summed E-state index contributed by atoms with van der Waals surface area (Å²) in [5.41, 5.74) is 1.44. The van der Waals surface area contributed by atoms with Gasteiger partial charge in [-0.1, -0.05) is 6.07 Å². The molecule has 0 spiro atoms. The van der Waals surface area contributed by atoms with Crippen molar-refractivity contribution in [1.29, 1.82) is 5.26 Å². The van der Waals surface area contributed by atoms with Crippen LogP contribution in [0.4, 0.5) is 5.69 Å². The number of ether oxygens (including phenoxy) is 1. The van der Waals surface area contributed by atoms with E-state index < -0.39 is 0 Å². The SMILES string of the molecule is N#Cc1c(Br)cccc1NCCCOCCO. The average Bonchev–Trinajstić information content (AvgIpc) is 2.34. The summed E-state index contributed by atoms with van der Waals surface area (Å²) in [5, 5.41) is 20.7. The molecule has 1 rings (SSSR count). The van der Waals surface area contributed by atoms with Crippen LogP contribution in [0.15, 0.2) is 22.7 Å². The first-order chi connectivity index (χ1) is 8.29. The quantitative estimate of drug-likeness (QED) is 0.757. The van der Waals surface area contributed by atoms with Crippen molar-refractivity contribution in [2.75, 3.05) is 31.7 Å². The van der Waals surface area contributed by atoms with Crippen LogP contribution in [0.5, 0.6) is 0 Å². The highest BCUT2D eigenvalue weighted by molar-refractivity contribution is 9.10. The van der Waals surface area contributed by atoms with Crippen molar-refractivity contribution in [2.45, 2.75) is 6.42 Å². The van der Waals surface area contributed by atoms with E-state index in [1.807, 2.05) is 18.2 Å². The van der Waals surface area contributed by atoms with E-state index in [1.165, 1.54) is 0 Å². The number of rotatable bonds is 7. The van der Waals surface area contributed by atoms with E-state index in [-0.39, 0.29) is 6.61 Å². The van der Waals surface area contributed by atoms with Gasteiger partial charge in [-0.2, -0.15) is 5.26 Å². The molecular formula is C12H15BrN2O2. The summed E-state index contributed by atoms with van der Waals surface area (Å²) >= 11 is 3.34. The maximum absolute atomic E-state index is 9.00. The van der Waals surface area contributed by atoms with Gasteiger partial charge in [0.05, 0.1) is 24.5 Å². The molecule has 17 heavy (non-hydrogen) atoms. The number of nitrogens with zero attached hydrogens (tertiary/aromatic N) is 1. The van der Waals surface area contributed by atoms with Gasteiger partial charge in [-0.25, -0.2) is 0 Å². The van der Waals surface area contributed by atoms with Gasteiger partial charge in [0.15, 0.2) is 0 Å². The van der Waals surface area contributed by atoms with Gasteiger partial charge in [0.1, 0.15) is 6.07 Å². The minimum atomic E-state index is 0.0532. The first kappa shape index (κ1) is 14.0. The molecule has 0 bridgehead atoms. The average molecular weight is 299 g/mol. The molecule has 0 radical (unpaired) electrons. The smallest absolute Gasteiger partial charge is 0.103 e. The van der Waals surface area contributed by atoms with E-state index in [1.54, 1.807) is 0 Å². The largest absolute Gasteiger partial charge is 0.394 e. The third-order valence-electron chi connectivity index (χ3n) is 2.14. The number of hydrogen-bond donors (Lipinski definition) is 2. The van der Waals surface area contributed by atoms with Crippen molar-refractivity contribution in [3.05, 3.63) is 28.2 Å². The Bertz CT molecular complexity index is 391. The van der Waals surface area contributed by atoms with E-state index in [9.17, 15) is 0 Å². The molecule has 4 nitrogen and oxygen atoms in total. The van der Waals surface area contributed by atoms with Crippen LogP contribution in [0, 0.1) is 11.3 Å². The number of aliphatic hydroxyl groups is 1. The standard InChI is InChI=1S/C12H15BrN2O2/c13-11-3-1-4-12(10(11)9-14)15-5-2-7-17-8-6-16/h1,3-4,15-16H,2,5-8H2. The molecule has 5 heteroatoms. The summed E-state index contributed by atoms with van der Waals surface area (Å²) in [6, 6.07) is 7.75. The zero-order chi connectivity index (χ0) is 12.5. The molecule has 0 amide bonds. The first-order valence-corrected chi connectivity index (χ1v) is 6.20. The van der Waals surface area contributed by atoms with Crippen molar-refractivity contribution in [2.24, 2.45) is 0 Å². The van der Waals surface area contributed by atoms with Crippen molar-refractivity contribution in [3.8, 4) is 6.07 Å². The van der Waals surface area contributed by atoms with Crippen LogP contribution in [0.3, 0.4) is 0 Å². The van der Waals surface area contributed by atoms with Crippen molar-refractivity contribution in [3.63, 3.8) is 0 Å². The zero-order valence-corrected chi connectivity index (χ0v) is 11.0. The number of halogens is 1. The summed E-state index contributed by atoms with van der Waals surface area (Å²) < 4.78 is 5.93. The van der Waals surface area contributed by atoms with Crippen LogP contribution in [-0.2, 0) is 4.74 Å². The third kappa shape index (κ3) is 4.73. The predicted octanol–water partition coefficient (Wildman–Crippen LogP) is 2.13. The number of anilines is 1. The molecular weight excluding hydrogens is 284 g/mol. The van der Waals surface area contributed by atoms with Crippen molar-refractivity contribution < 1.29 is 9.84 Å². The molecule has 0 unspecified atom stereocenters. The van der Waals surface area contributed by atoms with Gasteiger partial charge in [0.2, 0.25) is 0 Å². The Morgan fingerprint density at radius 3 is 2.94 bits per heavy atom. The lowest BCUT2D eigenvalue weighted by Gasteiger charge is -2.09. The van der Waals surface area contributed by atoms with Crippen LogP contribution < -0.4 is 5.32 Å². The Kier molecular flexibility index (Phi) is 6.63. The number of nitriles is 1. The molecule has 2 N–H and O–H groups in total. The van der Waals surface area contributed by atoms with Gasteiger partial charge in [-0.15, -0.1) is 0 Å². The summed E-state index contributed by atoms with van der Waals surface area (Å²) in [7, 11) is 0. The van der Waals surface area contributed by atoms with Crippen molar-refractivity contribution >= 4 is 21.6 Å². The normalized spacial score (nSPS) is 9.94. The van der Waals surface area contributed by atoms with Gasteiger partial charge in [0.25, 0.3) is 0 Å². The minimum Gasteiger partial charge on any atom is -0.394 e. The molecule has 0 saturated carbocycles. The fourth-order valence-corrected chi connectivity index (χ4v) is 1.80. The summed E-state index contributed by atoms with van der Waals surface area (Å²) in [6.45, 7) is 1.76. The number of aliphatic hydroxyl groups excluding tert-OH is 1. The number of hydrogen-bond acceptors (Lipinski definition) is 4. The van der Waals surface area contributed by atoms with Crippen LogP contribution >= 0.6 is 15.9 Å². The van der Waals surface area contributed by atoms with Gasteiger partial charge in [-0.3, -0.25) is 0 Å². The van der Waals surface area contributed by atoms with E-state index in [0.717, 1.165) is 23.1 Å². The lowest BCUT2D eigenvalue weighted by Crippen LogP contribution is -2.08. The lowest BCUT2D eigenvalue weighted by atomic mass is 10.2. The maximum atomic E-state index is 9.00. The highest BCUT2D eigenvalue weighted by Gasteiger charge is 2.04. The molecule has 92 valence electrons. The second kappa shape index (κ2) is 8.07. The molecule has 0 fully saturated rings. The Labute approximate surface area is 109 Å². The highest BCUT2D eigenvalue weighted by Crippen LogP contribution is 2.23. The number of benzene rings is 1. The predicted molar refractivity (Wildman–Crippen MR) is 69.9 cm³/mol. The van der Waals surface area contributed by atoms with Crippen LogP contribution in [0.25, 0.3) is 0 Å². The highest BCUT2D eigenvalue weighted by atomic mass is 79.9. The van der Waals surface area contributed by atoms with E-state index in [0.29, 0.717) is 18.8 Å². The van der Waals surface area contributed by atoms with E-state index in [4.69, 9.17) is 15.1 Å². The molecule has 0 aliphatic carbocycles. The molecule has 1 aromatic rings. The Hall–Kier alpha value is -1.09. The number of nitrogens with one attached hydrogen (secondary N) is 1. The lowest BCUT2D eigenvalue weighted by molar-refractivity contribution is 0.0922. The Balaban J connectivity index is 2.37. The molecule has 0 saturated heterocycles. The Morgan fingerprint density at radius 1 is 1.41 bits per heavy atom. The molecule has 0 atom stereocenters. The maximum Gasteiger partial charge on any atom is 0.103 e. The van der Waals surface area contributed by atoms with Crippen LogP contribution in [-0.4, -0.2) is 31.5 Å². The fraction of sp³-hybridized carbons (Fsp3) is 0.417. The molecule has 0 heterocycles. The van der Waals surface area contributed by atoms with Crippen LogP contribution in [0.1, 0.15) is 12.0 Å². The summed E-state index contributed by atoms with van der Waals surface area (Å²) in [4.78, 5) is 0. The first-order valence-electron chi connectivity index (χ1n) is 5.40. The van der Waals surface area contributed by atoms with Gasteiger partial charge < -0.3 is 15.2 Å². The van der Waals surface area contributed by atoms with Gasteiger partial charge in [0, 0.05) is 17.6 Å². The summed E-state index contributed by atoms with van der Waals surface area (Å²) in [5.74, 6) is 0. The third-order valence-corrected chi connectivity index (χ3v) is 2.80. The molecule has 0 aliphatic rings. The Morgan fingerprint density at radius 2 is 2.24 bits per heavy atom. The summed E-state index contributed by atoms with van der Waals surface area (Å²) in [6.07, 6.45) is 0.831. The molecule has 0 aromatic heterocycles. The second-order valence-corrected chi connectivity index (χ2v) is 4.24. The molecule has 1 aromatic carbocycles. The fourth-order valence-electron chi connectivity index (χ4n) is 1.35. The van der Waals surface area contributed by atoms with E-state index in [2.05, 4.69) is 27.3 Å². The van der Waals surface area contributed by atoms with Crippen LogP contribution in [0.2, 0.25) is 0 Å².